The molecule has 5 heteroatoms. The van der Waals surface area contributed by atoms with Crippen LogP contribution in [0.5, 0.6) is 0 Å². The van der Waals surface area contributed by atoms with E-state index in [4.69, 9.17) is 0 Å². The number of carbonyl (C=O) groups excluding carboxylic acids is 2. The Morgan fingerprint density at radius 1 is 0.870 bits per heavy atom. The Morgan fingerprint density at radius 3 is 1.91 bits per heavy atom. The zero-order valence-corrected chi connectivity index (χ0v) is 13.2. The summed E-state index contributed by atoms with van der Waals surface area (Å²) < 4.78 is 0. The van der Waals surface area contributed by atoms with E-state index in [1.54, 1.807) is 0 Å². The molecule has 0 aliphatic carbocycles. The van der Waals surface area contributed by atoms with Crippen molar-refractivity contribution in [3.05, 3.63) is 71.8 Å². The Balaban J connectivity index is 2.20. The van der Waals surface area contributed by atoms with Crippen molar-refractivity contribution < 1.29 is 9.59 Å². The lowest BCUT2D eigenvalue weighted by Crippen LogP contribution is -2.44. The molecule has 0 heterocycles. The Hall–Kier alpha value is -2.66. The first-order chi connectivity index (χ1) is 11.1. The molecule has 0 saturated heterocycles. The van der Waals surface area contributed by atoms with E-state index in [2.05, 4.69) is 16.0 Å². The molecule has 0 aliphatic rings. The highest BCUT2D eigenvalue weighted by Gasteiger charge is 2.24. The third-order valence-electron chi connectivity index (χ3n) is 3.58. The quantitative estimate of drug-likeness (QED) is 0.794. The summed E-state index contributed by atoms with van der Waals surface area (Å²) in [4.78, 5) is 23.9. The summed E-state index contributed by atoms with van der Waals surface area (Å²) in [5.74, 6) is -0.390. The first kappa shape index (κ1) is 16.7. The molecule has 3 N–H and O–H groups in total. The van der Waals surface area contributed by atoms with E-state index >= 15 is 0 Å². The first-order valence-corrected chi connectivity index (χ1v) is 7.50. The molecule has 120 valence electrons. The van der Waals surface area contributed by atoms with Gasteiger partial charge in [-0.25, -0.2) is 4.79 Å². The summed E-state index contributed by atoms with van der Waals surface area (Å²) in [6.45, 7) is 1.98. The molecule has 0 radical (unpaired) electrons. The molecule has 2 rings (SSSR count). The lowest BCUT2D eigenvalue weighted by atomic mass is 10.0. The first-order valence-electron chi connectivity index (χ1n) is 7.50. The van der Waals surface area contributed by atoms with Gasteiger partial charge in [0.2, 0.25) is 5.91 Å². The average Bonchev–Trinajstić information content (AvgIpc) is 2.60. The number of carbonyl (C=O) groups is 2. The summed E-state index contributed by atoms with van der Waals surface area (Å²) in [7, 11) is 1.47. The van der Waals surface area contributed by atoms with E-state index in [0.717, 1.165) is 11.1 Å². The predicted molar refractivity (Wildman–Crippen MR) is 89.8 cm³/mol. The molecule has 2 atom stereocenters. The highest BCUT2D eigenvalue weighted by Crippen LogP contribution is 2.19. The van der Waals surface area contributed by atoms with Crippen LogP contribution in [0.1, 0.15) is 30.1 Å². The van der Waals surface area contributed by atoms with Gasteiger partial charge in [-0.2, -0.15) is 0 Å². The van der Waals surface area contributed by atoms with E-state index in [1.165, 1.54) is 7.05 Å². The van der Waals surface area contributed by atoms with Gasteiger partial charge in [0.15, 0.2) is 0 Å². The van der Waals surface area contributed by atoms with Crippen molar-refractivity contribution in [1.82, 2.24) is 16.0 Å². The van der Waals surface area contributed by atoms with Crippen LogP contribution in [-0.2, 0) is 4.79 Å². The Labute approximate surface area is 136 Å². The maximum absolute atomic E-state index is 12.4. The van der Waals surface area contributed by atoms with E-state index in [9.17, 15) is 9.59 Å². The second-order valence-electron chi connectivity index (χ2n) is 5.21. The van der Waals surface area contributed by atoms with Gasteiger partial charge in [0, 0.05) is 13.1 Å². The summed E-state index contributed by atoms with van der Waals surface area (Å²) >= 11 is 0. The van der Waals surface area contributed by atoms with Crippen LogP contribution >= 0.6 is 0 Å². The molecule has 0 aromatic heterocycles. The van der Waals surface area contributed by atoms with Gasteiger partial charge >= 0.3 is 6.03 Å². The predicted octanol–water partition coefficient (Wildman–Crippen LogP) is 2.53. The number of benzene rings is 2. The van der Waals surface area contributed by atoms with Crippen LogP contribution < -0.4 is 16.0 Å². The van der Waals surface area contributed by atoms with Crippen molar-refractivity contribution >= 4 is 11.9 Å². The second-order valence-corrected chi connectivity index (χ2v) is 5.21. The maximum atomic E-state index is 12.4. The van der Waals surface area contributed by atoms with Crippen molar-refractivity contribution in [2.24, 2.45) is 0 Å². The summed E-state index contributed by atoms with van der Waals surface area (Å²) in [5.41, 5.74) is 1.87. The minimum atomic E-state index is -0.622. The van der Waals surface area contributed by atoms with Gasteiger partial charge in [0.25, 0.3) is 0 Å². The SMILES string of the molecule is CNC(=O)NC(=O)[C@H](N[C@H](C)c1ccccc1)c1ccccc1. The molecule has 0 spiro atoms. The molecule has 0 fully saturated rings. The van der Waals surface area contributed by atoms with Crippen molar-refractivity contribution in [3.63, 3.8) is 0 Å². The van der Waals surface area contributed by atoms with E-state index in [0.29, 0.717) is 0 Å². The van der Waals surface area contributed by atoms with Crippen LogP contribution in [0, 0.1) is 0 Å². The van der Waals surface area contributed by atoms with Crippen LogP contribution in [0.25, 0.3) is 0 Å². The van der Waals surface area contributed by atoms with Gasteiger partial charge in [0.05, 0.1) is 0 Å². The van der Waals surface area contributed by atoms with Crippen LogP contribution in [0.2, 0.25) is 0 Å². The molecule has 5 nitrogen and oxygen atoms in total. The second kappa shape index (κ2) is 8.10. The number of amides is 3. The van der Waals surface area contributed by atoms with E-state index in [-0.39, 0.29) is 6.04 Å². The molecule has 0 bridgehead atoms. The topological polar surface area (TPSA) is 70.2 Å². The fourth-order valence-corrected chi connectivity index (χ4v) is 2.30. The van der Waals surface area contributed by atoms with Crippen molar-refractivity contribution in [3.8, 4) is 0 Å². The normalized spacial score (nSPS) is 13.0. The van der Waals surface area contributed by atoms with Crippen molar-refractivity contribution in [2.45, 2.75) is 19.0 Å². The average molecular weight is 311 g/mol. The number of nitrogens with one attached hydrogen (secondary N) is 3. The standard InChI is InChI=1S/C18H21N3O2/c1-13(14-9-5-3-6-10-14)20-16(15-11-7-4-8-12-15)17(22)21-18(23)19-2/h3-13,16,20H,1-2H3,(H2,19,21,22,23)/t13-,16-/m1/s1. The Morgan fingerprint density at radius 2 is 1.39 bits per heavy atom. The van der Waals surface area contributed by atoms with Gasteiger partial charge in [-0.3, -0.25) is 15.4 Å². The van der Waals surface area contributed by atoms with Gasteiger partial charge in [-0.1, -0.05) is 60.7 Å². The number of hydrogen-bond donors (Lipinski definition) is 3. The fraction of sp³-hybridized carbons (Fsp3) is 0.222. The summed E-state index contributed by atoms with van der Waals surface area (Å²) in [6, 6.07) is 18.0. The number of urea groups is 1. The highest BCUT2D eigenvalue weighted by molar-refractivity contribution is 5.97. The van der Waals surface area contributed by atoms with Gasteiger partial charge in [-0.05, 0) is 18.1 Å². The maximum Gasteiger partial charge on any atom is 0.321 e. The number of hydrogen-bond acceptors (Lipinski definition) is 3. The van der Waals surface area contributed by atoms with E-state index < -0.39 is 18.0 Å². The van der Waals surface area contributed by atoms with Crippen LogP contribution in [-0.4, -0.2) is 19.0 Å². The van der Waals surface area contributed by atoms with Crippen molar-refractivity contribution in [2.75, 3.05) is 7.05 Å². The molecule has 0 saturated carbocycles. The van der Waals surface area contributed by atoms with Crippen LogP contribution in [0.15, 0.2) is 60.7 Å². The lowest BCUT2D eigenvalue weighted by molar-refractivity contribution is -0.122. The smallest absolute Gasteiger partial charge is 0.321 e. The largest absolute Gasteiger partial charge is 0.341 e. The highest BCUT2D eigenvalue weighted by atomic mass is 16.2. The molecule has 2 aromatic carbocycles. The molecular weight excluding hydrogens is 290 g/mol. The Bertz CT molecular complexity index is 644. The molecule has 0 unspecified atom stereocenters. The minimum absolute atomic E-state index is 0.0446. The molecule has 0 aliphatic heterocycles. The van der Waals surface area contributed by atoms with E-state index in [1.807, 2.05) is 67.6 Å². The third kappa shape index (κ3) is 4.66. The van der Waals surface area contributed by atoms with Gasteiger partial charge in [-0.15, -0.1) is 0 Å². The molecule has 23 heavy (non-hydrogen) atoms. The minimum Gasteiger partial charge on any atom is -0.341 e. The zero-order valence-electron chi connectivity index (χ0n) is 13.2. The van der Waals surface area contributed by atoms with Gasteiger partial charge < -0.3 is 5.32 Å². The Kier molecular flexibility index (Phi) is 5.88. The fourth-order valence-electron chi connectivity index (χ4n) is 2.30. The van der Waals surface area contributed by atoms with Crippen LogP contribution in [0.3, 0.4) is 0 Å². The van der Waals surface area contributed by atoms with Crippen molar-refractivity contribution in [1.29, 1.82) is 0 Å². The monoisotopic (exact) mass is 311 g/mol. The summed E-state index contributed by atoms with van der Waals surface area (Å²) in [5, 5.41) is 8.01. The zero-order chi connectivity index (χ0) is 16.7. The number of imide groups is 1. The molecule has 3 amide bonds. The summed E-state index contributed by atoms with van der Waals surface area (Å²) in [6.07, 6.45) is 0. The molecule has 2 aromatic rings. The van der Waals surface area contributed by atoms with Gasteiger partial charge in [0.1, 0.15) is 6.04 Å². The van der Waals surface area contributed by atoms with Crippen LogP contribution in [0.4, 0.5) is 4.79 Å². The third-order valence-corrected chi connectivity index (χ3v) is 3.58. The molecular formula is C18H21N3O2. The number of rotatable bonds is 5. The lowest BCUT2D eigenvalue weighted by Gasteiger charge is -2.23.